The molecule has 2 nitrogen and oxygen atoms in total. The predicted octanol–water partition coefficient (Wildman–Crippen LogP) is 0.0288. The second kappa shape index (κ2) is 1.25. The highest BCUT2D eigenvalue weighted by Crippen LogP contribution is 2.45. The average molecular weight is 113 g/mol. The summed E-state index contributed by atoms with van der Waals surface area (Å²) >= 11 is 0. The lowest BCUT2D eigenvalue weighted by Crippen LogP contribution is -2.27. The van der Waals surface area contributed by atoms with Crippen LogP contribution in [0.25, 0.3) is 0 Å². The third-order valence-electron chi connectivity index (χ3n) is 2.39. The Labute approximate surface area is 49.1 Å². The first-order valence-corrected chi connectivity index (χ1v) is 3.19. The minimum absolute atomic E-state index is 0.126. The summed E-state index contributed by atoms with van der Waals surface area (Å²) in [5.41, 5.74) is 0. The maximum Gasteiger partial charge on any atom is 0.107 e. The summed E-state index contributed by atoms with van der Waals surface area (Å²) in [7, 11) is 2.00. The SMILES string of the molecule is CN1C(O)CC2CC21. The van der Waals surface area contributed by atoms with Crippen LogP contribution in [0.2, 0.25) is 0 Å². The molecule has 0 aromatic carbocycles. The number of aliphatic hydroxyl groups is 1. The molecule has 1 N–H and O–H groups in total. The van der Waals surface area contributed by atoms with Crippen LogP contribution in [0.15, 0.2) is 0 Å². The highest BCUT2D eigenvalue weighted by Gasteiger charge is 2.49. The molecule has 46 valence electrons. The molecule has 1 heterocycles. The minimum Gasteiger partial charge on any atom is -0.378 e. The molecule has 1 aliphatic carbocycles. The number of piperidine rings is 1. The molecule has 2 fully saturated rings. The zero-order valence-electron chi connectivity index (χ0n) is 5.04. The van der Waals surface area contributed by atoms with Crippen LogP contribution < -0.4 is 0 Å². The van der Waals surface area contributed by atoms with E-state index in [0.29, 0.717) is 0 Å². The Hall–Kier alpha value is -0.0800. The lowest BCUT2D eigenvalue weighted by Gasteiger charge is -2.15. The fraction of sp³-hybridized carbons (Fsp3) is 1.00. The molecule has 8 heavy (non-hydrogen) atoms. The van der Waals surface area contributed by atoms with Crippen LogP contribution in [0, 0.1) is 5.92 Å². The molecule has 0 aromatic rings. The van der Waals surface area contributed by atoms with Crippen LogP contribution in [-0.2, 0) is 0 Å². The van der Waals surface area contributed by atoms with Crippen molar-refractivity contribution in [3.63, 3.8) is 0 Å². The van der Waals surface area contributed by atoms with Gasteiger partial charge >= 0.3 is 0 Å². The topological polar surface area (TPSA) is 23.5 Å². The van der Waals surface area contributed by atoms with Gasteiger partial charge in [-0.15, -0.1) is 0 Å². The van der Waals surface area contributed by atoms with E-state index in [4.69, 9.17) is 5.11 Å². The normalized spacial score (nSPS) is 54.0. The molecule has 0 amide bonds. The lowest BCUT2D eigenvalue weighted by atomic mass is 10.3. The number of rotatable bonds is 0. The molecule has 3 unspecified atom stereocenters. The van der Waals surface area contributed by atoms with Gasteiger partial charge in [0.15, 0.2) is 0 Å². The summed E-state index contributed by atoms with van der Waals surface area (Å²) in [4.78, 5) is 2.07. The van der Waals surface area contributed by atoms with Crippen LogP contribution in [0.4, 0.5) is 0 Å². The van der Waals surface area contributed by atoms with E-state index < -0.39 is 0 Å². The third kappa shape index (κ3) is 0.446. The Kier molecular flexibility index (Phi) is 0.746. The summed E-state index contributed by atoms with van der Waals surface area (Å²) in [6.07, 6.45) is 2.22. The average Bonchev–Trinajstić information content (AvgIpc) is 2.39. The molecule has 0 spiro atoms. The van der Waals surface area contributed by atoms with Gasteiger partial charge in [-0.25, -0.2) is 0 Å². The molecule has 2 aliphatic rings. The van der Waals surface area contributed by atoms with Crippen LogP contribution >= 0.6 is 0 Å². The Morgan fingerprint density at radius 1 is 1.50 bits per heavy atom. The van der Waals surface area contributed by atoms with E-state index in [-0.39, 0.29) is 6.23 Å². The summed E-state index contributed by atoms with van der Waals surface area (Å²) in [5, 5.41) is 9.12. The number of hydrogen-bond donors (Lipinski definition) is 1. The van der Waals surface area contributed by atoms with Gasteiger partial charge in [-0.2, -0.15) is 0 Å². The van der Waals surface area contributed by atoms with Crippen molar-refractivity contribution < 1.29 is 5.11 Å². The molecule has 1 aliphatic heterocycles. The molecular formula is C6H11NO. The smallest absolute Gasteiger partial charge is 0.107 e. The number of aliphatic hydroxyl groups excluding tert-OH is 1. The Morgan fingerprint density at radius 3 is 2.50 bits per heavy atom. The van der Waals surface area contributed by atoms with E-state index >= 15 is 0 Å². The largest absolute Gasteiger partial charge is 0.378 e. The first-order valence-electron chi connectivity index (χ1n) is 3.19. The Morgan fingerprint density at radius 2 is 2.25 bits per heavy atom. The zero-order chi connectivity index (χ0) is 5.72. The second-order valence-corrected chi connectivity index (χ2v) is 2.94. The van der Waals surface area contributed by atoms with E-state index in [1.807, 2.05) is 7.05 Å². The molecule has 3 atom stereocenters. The van der Waals surface area contributed by atoms with Crippen LogP contribution in [0.5, 0.6) is 0 Å². The third-order valence-corrected chi connectivity index (χ3v) is 2.39. The van der Waals surface area contributed by atoms with Gasteiger partial charge in [-0.05, 0) is 25.8 Å². The van der Waals surface area contributed by atoms with Crippen molar-refractivity contribution >= 4 is 0 Å². The molecule has 0 radical (unpaired) electrons. The first-order chi connectivity index (χ1) is 3.79. The standard InChI is InChI=1S/C6H11NO/c1-7-5-2-4(5)3-6(7)8/h4-6,8H,2-3H2,1H3. The van der Waals surface area contributed by atoms with E-state index in [2.05, 4.69) is 4.90 Å². The summed E-state index contributed by atoms with van der Waals surface area (Å²) in [6.45, 7) is 0. The van der Waals surface area contributed by atoms with E-state index in [0.717, 1.165) is 18.4 Å². The predicted molar refractivity (Wildman–Crippen MR) is 30.3 cm³/mol. The molecule has 1 saturated carbocycles. The summed E-state index contributed by atoms with van der Waals surface area (Å²) < 4.78 is 0. The van der Waals surface area contributed by atoms with Gasteiger partial charge in [0, 0.05) is 6.04 Å². The van der Waals surface area contributed by atoms with Gasteiger partial charge in [0.05, 0.1) is 0 Å². The molecule has 0 aromatic heterocycles. The van der Waals surface area contributed by atoms with Gasteiger partial charge in [0.1, 0.15) is 6.23 Å². The number of fused-ring (bicyclic) bond motifs is 1. The van der Waals surface area contributed by atoms with Crippen LogP contribution in [0.3, 0.4) is 0 Å². The Balaban J connectivity index is 2.08. The molecule has 2 rings (SSSR count). The summed E-state index contributed by atoms with van der Waals surface area (Å²) in [6, 6.07) is 0.741. The van der Waals surface area contributed by atoms with Crippen molar-refractivity contribution in [3.8, 4) is 0 Å². The zero-order valence-corrected chi connectivity index (χ0v) is 5.04. The first kappa shape index (κ1) is 4.77. The van der Waals surface area contributed by atoms with Crippen molar-refractivity contribution in [2.75, 3.05) is 7.05 Å². The monoisotopic (exact) mass is 113 g/mol. The number of likely N-dealkylation sites (tertiary alicyclic amines) is 1. The minimum atomic E-state index is -0.126. The van der Waals surface area contributed by atoms with Gasteiger partial charge in [-0.1, -0.05) is 0 Å². The van der Waals surface area contributed by atoms with Gasteiger partial charge < -0.3 is 5.11 Å². The second-order valence-electron chi connectivity index (χ2n) is 2.94. The molecule has 0 bridgehead atoms. The van der Waals surface area contributed by atoms with Gasteiger partial charge in [-0.3, -0.25) is 4.90 Å². The molecule has 1 saturated heterocycles. The maximum absolute atomic E-state index is 9.12. The lowest BCUT2D eigenvalue weighted by molar-refractivity contribution is 0.0377. The van der Waals surface area contributed by atoms with Crippen molar-refractivity contribution in [1.29, 1.82) is 0 Å². The van der Waals surface area contributed by atoms with Gasteiger partial charge in [0.25, 0.3) is 0 Å². The number of nitrogens with zero attached hydrogens (tertiary/aromatic N) is 1. The number of hydrogen-bond acceptors (Lipinski definition) is 2. The Bertz CT molecular complexity index is 113. The summed E-state index contributed by atoms with van der Waals surface area (Å²) in [5.74, 6) is 0.843. The van der Waals surface area contributed by atoms with Crippen molar-refractivity contribution in [3.05, 3.63) is 0 Å². The van der Waals surface area contributed by atoms with Crippen molar-refractivity contribution in [2.45, 2.75) is 25.1 Å². The van der Waals surface area contributed by atoms with E-state index in [1.54, 1.807) is 0 Å². The van der Waals surface area contributed by atoms with Crippen molar-refractivity contribution in [2.24, 2.45) is 5.92 Å². The fourth-order valence-electron chi connectivity index (χ4n) is 1.64. The van der Waals surface area contributed by atoms with Crippen molar-refractivity contribution in [1.82, 2.24) is 4.90 Å². The van der Waals surface area contributed by atoms with Gasteiger partial charge in [0.2, 0.25) is 0 Å². The van der Waals surface area contributed by atoms with Crippen LogP contribution in [-0.4, -0.2) is 29.3 Å². The molecule has 2 heteroatoms. The quantitative estimate of drug-likeness (QED) is 0.479. The fourth-order valence-corrected chi connectivity index (χ4v) is 1.64. The van der Waals surface area contributed by atoms with Crippen LogP contribution in [0.1, 0.15) is 12.8 Å². The van der Waals surface area contributed by atoms with E-state index in [1.165, 1.54) is 6.42 Å². The highest BCUT2D eigenvalue weighted by atomic mass is 16.3. The maximum atomic E-state index is 9.12. The highest BCUT2D eigenvalue weighted by molar-refractivity contribution is 5.01. The van der Waals surface area contributed by atoms with E-state index in [9.17, 15) is 0 Å². The molecular weight excluding hydrogens is 102 g/mol.